The van der Waals surface area contributed by atoms with Crippen LogP contribution in [0.25, 0.3) is 0 Å². The number of nitrogens with two attached hydrogens (primary N) is 1. The van der Waals surface area contributed by atoms with Gasteiger partial charge >= 0.3 is 0 Å². The van der Waals surface area contributed by atoms with Gasteiger partial charge in [0.1, 0.15) is 11.5 Å². The quantitative estimate of drug-likeness (QED) is 0.761. The fraction of sp³-hybridized carbons (Fsp3) is 0.412. The Balaban J connectivity index is 1.43. The first-order valence-electron chi connectivity index (χ1n) is 7.84. The van der Waals surface area contributed by atoms with Gasteiger partial charge in [0.05, 0.1) is 11.4 Å². The van der Waals surface area contributed by atoms with E-state index >= 15 is 0 Å². The average molecular weight is 334 g/mol. The van der Waals surface area contributed by atoms with Gasteiger partial charge in [-0.1, -0.05) is 19.1 Å². The summed E-state index contributed by atoms with van der Waals surface area (Å²) in [7, 11) is -3.61. The van der Waals surface area contributed by atoms with Crippen LogP contribution in [0.1, 0.15) is 36.3 Å². The Bertz CT molecular complexity index is 765. The number of nitrogens with one attached hydrogen (secondary N) is 1. The van der Waals surface area contributed by atoms with Gasteiger partial charge in [-0.15, -0.1) is 0 Å². The smallest absolute Gasteiger partial charge is 0.238 e. The van der Waals surface area contributed by atoms with E-state index in [-0.39, 0.29) is 4.90 Å². The average Bonchev–Trinajstić information content (AvgIpc) is 3.06. The van der Waals surface area contributed by atoms with Gasteiger partial charge in [-0.3, -0.25) is 0 Å². The van der Waals surface area contributed by atoms with Crippen molar-refractivity contribution in [2.75, 3.05) is 6.54 Å². The minimum atomic E-state index is -3.61. The molecule has 2 atom stereocenters. The fourth-order valence-electron chi connectivity index (χ4n) is 2.70. The lowest BCUT2D eigenvalue weighted by Crippen LogP contribution is -2.16. The molecule has 0 bridgehead atoms. The molecule has 2 aromatic rings. The van der Waals surface area contributed by atoms with E-state index in [2.05, 4.69) is 18.3 Å². The van der Waals surface area contributed by atoms with E-state index in [0.29, 0.717) is 12.5 Å². The summed E-state index contributed by atoms with van der Waals surface area (Å²) >= 11 is 0. The van der Waals surface area contributed by atoms with Crippen LogP contribution in [-0.4, -0.2) is 15.0 Å². The summed E-state index contributed by atoms with van der Waals surface area (Å²) in [5.41, 5.74) is 1.07. The van der Waals surface area contributed by atoms with Gasteiger partial charge in [-0.2, -0.15) is 0 Å². The molecule has 124 valence electrons. The SMILES string of the molecule is CC1CC1c1ccc(CNCCc2ccc(S(N)(=O)=O)cc2)o1. The van der Waals surface area contributed by atoms with E-state index in [1.807, 2.05) is 6.07 Å². The molecule has 2 unspecified atom stereocenters. The monoisotopic (exact) mass is 334 g/mol. The van der Waals surface area contributed by atoms with Crippen molar-refractivity contribution in [1.82, 2.24) is 5.32 Å². The van der Waals surface area contributed by atoms with Gasteiger partial charge in [0.15, 0.2) is 0 Å². The van der Waals surface area contributed by atoms with E-state index in [1.54, 1.807) is 24.3 Å². The van der Waals surface area contributed by atoms with Crippen molar-refractivity contribution < 1.29 is 12.8 Å². The normalized spacial score (nSPS) is 20.6. The highest BCUT2D eigenvalue weighted by atomic mass is 32.2. The van der Waals surface area contributed by atoms with Crippen molar-refractivity contribution in [3.8, 4) is 0 Å². The summed E-state index contributed by atoms with van der Waals surface area (Å²) in [5, 5.41) is 8.42. The minimum absolute atomic E-state index is 0.145. The molecule has 1 saturated carbocycles. The molecule has 1 aromatic heterocycles. The van der Waals surface area contributed by atoms with Gasteiger partial charge in [-0.05, 0) is 55.1 Å². The maximum atomic E-state index is 11.2. The Hall–Kier alpha value is -1.63. The van der Waals surface area contributed by atoms with Crippen LogP contribution in [0.2, 0.25) is 0 Å². The number of hydrogen-bond acceptors (Lipinski definition) is 4. The summed E-state index contributed by atoms with van der Waals surface area (Å²) in [4.78, 5) is 0.145. The Morgan fingerprint density at radius 2 is 1.91 bits per heavy atom. The first kappa shape index (κ1) is 16.2. The molecule has 0 amide bonds. The van der Waals surface area contributed by atoms with Gasteiger partial charge in [0, 0.05) is 5.92 Å². The first-order chi connectivity index (χ1) is 10.9. The van der Waals surface area contributed by atoms with E-state index in [9.17, 15) is 8.42 Å². The zero-order chi connectivity index (χ0) is 16.4. The van der Waals surface area contributed by atoms with Crippen LogP contribution in [0.5, 0.6) is 0 Å². The second-order valence-electron chi connectivity index (χ2n) is 6.24. The maximum Gasteiger partial charge on any atom is 0.238 e. The van der Waals surface area contributed by atoms with Crippen LogP contribution < -0.4 is 10.5 Å². The number of furan rings is 1. The largest absolute Gasteiger partial charge is 0.464 e. The Labute approximate surface area is 136 Å². The Morgan fingerprint density at radius 1 is 1.22 bits per heavy atom. The third kappa shape index (κ3) is 4.22. The molecular weight excluding hydrogens is 312 g/mol. The molecule has 6 heteroatoms. The molecule has 3 rings (SSSR count). The molecule has 0 radical (unpaired) electrons. The number of sulfonamides is 1. The van der Waals surface area contributed by atoms with Gasteiger partial charge < -0.3 is 9.73 Å². The topological polar surface area (TPSA) is 85.3 Å². The molecule has 1 aromatic carbocycles. The Morgan fingerprint density at radius 3 is 2.52 bits per heavy atom. The molecule has 1 aliphatic carbocycles. The standard InChI is InChI=1S/C17H22N2O3S/c1-12-10-16(12)17-7-4-14(22-17)11-19-9-8-13-2-5-15(6-3-13)23(18,20)21/h2-7,12,16,19H,8-11H2,1H3,(H2,18,20,21). The molecule has 5 nitrogen and oxygen atoms in total. The predicted molar refractivity (Wildman–Crippen MR) is 88.5 cm³/mol. The van der Waals surface area contributed by atoms with Crippen molar-refractivity contribution >= 4 is 10.0 Å². The zero-order valence-electron chi connectivity index (χ0n) is 13.2. The van der Waals surface area contributed by atoms with E-state index in [0.717, 1.165) is 36.0 Å². The Kier molecular flexibility index (Phi) is 4.57. The molecule has 0 aliphatic heterocycles. The van der Waals surface area contributed by atoms with Crippen molar-refractivity contribution in [3.05, 3.63) is 53.5 Å². The zero-order valence-corrected chi connectivity index (χ0v) is 14.0. The second kappa shape index (κ2) is 6.47. The van der Waals surface area contributed by atoms with Crippen LogP contribution in [0.15, 0.2) is 45.7 Å². The summed E-state index contributed by atoms with van der Waals surface area (Å²) in [6.07, 6.45) is 2.05. The third-order valence-electron chi connectivity index (χ3n) is 4.30. The predicted octanol–water partition coefficient (Wildman–Crippen LogP) is 2.38. The summed E-state index contributed by atoms with van der Waals surface area (Å²) in [5.74, 6) is 3.43. The highest BCUT2D eigenvalue weighted by Gasteiger charge is 2.36. The van der Waals surface area contributed by atoms with Crippen LogP contribution in [0.3, 0.4) is 0 Å². The molecule has 1 heterocycles. The van der Waals surface area contributed by atoms with Gasteiger partial charge in [-0.25, -0.2) is 13.6 Å². The van der Waals surface area contributed by atoms with Crippen molar-refractivity contribution in [1.29, 1.82) is 0 Å². The van der Waals surface area contributed by atoms with Crippen molar-refractivity contribution in [2.45, 2.75) is 37.1 Å². The number of hydrogen-bond donors (Lipinski definition) is 2. The number of benzene rings is 1. The van der Waals surface area contributed by atoms with E-state index in [4.69, 9.17) is 9.56 Å². The summed E-state index contributed by atoms with van der Waals surface area (Å²) in [6.45, 7) is 3.74. The van der Waals surface area contributed by atoms with Crippen molar-refractivity contribution in [3.63, 3.8) is 0 Å². The van der Waals surface area contributed by atoms with Crippen LogP contribution >= 0.6 is 0 Å². The highest BCUT2D eigenvalue weighted by Crippen LogP contribution is 2.47. The van der Waals surface area contributed by atoms with Gasteiger partial charge in [0.2, 0.25) is 10.0 Å². The third-order valence-corrected chi connectivity index (χ3v) is 5.23. The van der Waals surface area contributed by atoms with E-state index in [1.165, 1.54) is 6.42 Å². The highest BCUT2D eigenvalue weighted by molar-refractivity contribution is 7.89. The lowest BCUT2D eigenvalue weighted by Gasteiger charge is -2.04. The lowest BCUT2D eigenvalue weighted by atomic mass is 10.1. The second-order valence-corrected chi connectivity index (χ2v) is 7.80. The van der Waals surface area contributed by atoms with Gasteiger partial charge in [0.25, 0.3) is 0 Å². The molecular formula is C17H22N2O3S. The first-order valence-corrected chi connectivity index (χ1v) is 9.39. The molecule has 23 heavy (non-hydrogen) atoms. The summed E-state index contributed by atoms with van der Waals surface area (Å²) < 4.78 is 28.2. The molecule has 0 spiro atoms. The lowest BCUT2D eigenvalue weighted by molar-refractivity contribution is 0.445. The van der Waals surface area contributed by atoms with Crippen LogP contribution in [0, 0.1) is 5.92 Å². The molecule has 3 N–H and O–H groups in total. The van der Waals surface area contributed by atoms with Crippen LogP contribution in [0.4, 0.5) is 0 Å². The fourth-order valence-corrected chi connectivity index (χ4v) is 3.21. The van der Waals surface area contributed by atoms with Crippen LogP contribution in [-0.2, 0) is 23.0 Å². The number of primary sulfonamides is 1. The molecule has 1 aliphatic rings. The van der Waals surface area contributed by atoms with Crippen molar-refractivity contribution in [2.24, 2.45) is 11.1 Å². The summed E-state index contributed by atoms with van der Waals surface area (Å²) in [6, 6.07) is 10.8. The molecule has 0 saturated heterocycles. The number of rotatable bonds is 7. The minimum Gasteiger partial charge on any atom is -0.464 e. The molecule has 1 fully saturated rings. The maximum absolute atomic E-state index is 11.2. The van der Waals surface area contributed by atoms with E-state index < -0.39 is 10.0 Å².